The molecular weight excluding hydrogens is 310 g/mol. The van der Waals surface area contributed by atoms with Gasteiger partial charge in [-0.1, -0.05) is 12.1 Å². The summed E-state index contributed by atoms with van der Waals surface area (Å²) in [6.07, 6.45) is 5.15. The number of aromatic amines is 1. The topological polar surface area (TPSA) is 50.3 Å². The number of rotatable bonds is 2. The Morgan fingerprint density at radius 2 is 1.76 bits per heavy atom. The van der Waals surface area contributed by atoms with E-state index >= 15 is 0 Å². The highest BCUT2D eigenvalue weighted by Gasteiger charge is 2.09. The second kappa shape index (κ2) is 5.92. The minimum absolute atomic E-state index is 0.0510. The van der Waals surface area contributed by atoms with Crippen LogP contribution in [0.3, 0.4) is 0 Å². The number of fused-ring (bicyclic) bond motifs is 3. The Kier molecular flexibility index (Phi) is 3.46. The van der Waals surface area contributed by atoms with E-state index in [-0.39, 0.29) is 5.82 Å². The number of nitrogens with zero attached hydrogens (tertiary/aromatic N) is 4. The predicted octanol–water partition coefficient (Wildman–Crippen LogP) is 4.92. The first kappa shape index (κ1) is 14.6. The summed E-state index contributed by atoms with van der Waals surface area (Å²) in [5.41, 5.74) is 4.37. The second-order valence-electron chi connectivity index (χ2n) is 5.49. The summed E-state index contributed by atoms with van der Waals surface area (Å²) in [6, 6.07) is 13.6. The molecule has 0 radical (unpaired) electrons. The van der Waals surface area contributed by atoms with Gasteiger partial charge in [0.1, 0.15) is 13.1 Å². The number of benzene rings is 1. The van der Waals surface area contributed by atoms with Crippen molar-refractivity contribution in [3.05, 3.63) is 89.1 Å². The van der Waals surface area contributed by atoms with E-state index in [9.17, 15) is 0 Å². The Labute approximate surface area is 143 Å². The summed E-state index contributed by atoms with van der Waals surface area (Å²) in [6.45, 7) is 14.0. The van der Waals surface area contributed by atoms with Gasteiger partial charge in [0, 0.05) is 28.6 Å². The van der Waals surface area contributed by atoms with Gasteiger partial charge in [0.2, 0.25) is 0 Å². The predicted molar refractivity (Wildman–Crippen MR) is 98.0 cm³/mol. The van der Waals surface area contributed by atoms with Crippen molar-refractivity contribution in [2.45, 2.75) is 0 Å². The molecule has 0 fully saturated rings. The molecule has 0 aliphatic heterocycles. The van der Waals surface area contributed by atoms with Crippen LogP contribution in [-0.2, 0) is 0 Å². The van der Waals surface area contributed by atoms with Crippen LogP contribution in [0.5, 0.6) is 0 Å². The van der Waals surface area contributed by atoms with Crippen LogP contribution in [0.1, 0.15) is 5.56 Å². The summed E-state index contributed by atoms with van der Waals surface area (Å²) < 4.78 is 0. The molecule has 116 valence electrons. The average Bonchev–Trinajstić information content (AvgIpc) is 3.04. The van der Waals surface area contributed by atoms with Crippen molar-refractivity contribution in [3.63, 3.8) is 0 Å². The fourth-order valence-corrected chi connectivity index (χ4v) is 2.80. The van der Waals surface area contributed by atoms with Gasteiger partial charge < -0.3 is 4.98 Å². The molecule has 25 heavy (non-hydrogen) atoms. The maximum absolute atomic E-state index is 7.02. The van der Waals surface area contributed by atoms with Crippen LogP contribution in [0.25, 0.3) is 49.0 Å². The molecule has 0 bridgehead atoms. The SMILES string of the molecule is [C-]#[N+]C(=Cc1ccc2[nH]c3cnc(-c4ccccn4)cc3c2c1)[N+]#[C-]. The highest BCUT2D eigenvalue weighted by molar-refractivity contribution is 6.08. The van der Waals surface area contributed by atoms with Crippen molar-refractivity contribution in [2.24, 2.45) is 0 Å². The fourth-order valence-electron chi connectivity index (χ4n) is 2.80. The van der Waals surface area contributed by atoms with Crippen molar-refractivity contribution in [3.8, 4) is 11.4 Å². The van der Waals surface area contributed by atoms with Crippen molar-refractivity contribution >= 4 is 27.9 Å². The van der Waals surface area contributed by atoms with Crippen LogP contribution in [0, 0.1) is 13.1 Å². The smallest absolute Gasteiger partial charge is 0.353 e. The molecule has 0 amide bonds. The summed E-state index contributed by atoms with van der Waals surface area (Å²) in [4.78, 5) is 18.6. The summed E-state index contributed by atoms with van der Waals surface area (Å²) in [5, 5.41) is 2.06. The summed E-state index contributed by atoms with van der Waals surface area (Å²) >= 11 is 0. The molecule has 1 N–H and O–H groups in total. The molecule has 3 aromatic heterocycles. The second-order valence-corrected chi connectivity index (χ2v) is 5.49. The highest BCUT2D eigenvalue weighted by atomic mass is 14.9. The van der Waals surface area contributed by atoms with E-state index < -0.39 is 0 Å². The lowest BCUT2D eigenvalue weighted by atomic mass is 10.1. The minimum Gasteiger partial charge on any atom is -0.353 e. The monoisotopic (exact) mass is 321 g/mol. The van der Waals surface area contributed by atoms with Crippen LogP contribution in [0.15, 0.2) is 60.7 Å². The van der Waals surface area contributed by atoms with Crippen molar-refractivity contribution < 1.29 is 0 Å². The first-order chi connectivity index (χ1) is 12.3. The molecule has 5 heteroatoms. The number of H-pyrrole nitrogens is 1. The maximum Gasteiger partial charge on any atom is 0.519 e. The van der Waals surface area contributed by atoms with Crippen molar-refractivity contribution in [2.75, 3.05) is 0 Å². The lowest BCUT2D eigenvalue weighted by Crippen LogP contribution is -1.85. The zero-order valence-corrected chi connectivity index (χ0v) is 13.1. The normalized spacial score (nSPS) is 10.3. The van der Waals surface area contributed by atoms with Gasteiger partial charge in [0.15, 0.2) is 0 Å². The van der Waals surface area contributed by atoms with Gasteiger partial charge in [0.25, 0.3) is 0 Å². The number of hydrogen-bond acceptors (Lipinski definition) is 2. The molecule has 4 aromatic rings. The molecule has 0 spiro atoms. The molecule has 4 rings (SSSR count). The Morgan fingerprint density at radius 3 is 2.52 bits per heavy atom. The summed E-state index contributed by atoms with van der Waals surface area (Å²) in [7, 11) is 0. The van der Waals surface area contributed by atoms with Crippen LogP contribution in [0.2, 0.25) is 0 Å². The van der Waals surface area contributed by atoms with E-state index in [2.05, 4.69) is 24.6 Å². The molecule has 0 atom stereocenters. The van der Waals surface area contributed by atoms with E-state index in [1.807, 2.05) is 42.5 Å². The van der Waals surface area contributed by atoms with Gasteiger partial charge in [-0.2, -0.15) is 9.69 Å². The molecule has 0 saturated heterocycles. The molecular formula is C20H11N5. The number of hydrogen-bond donors (Lipinski definition) is 1. The van der Waals surface area contributed by atoms with Gasteiger partial charge in [-0.05, 0) is 35.9 Å². The first-order valence-corrected chi connectivity index (χ1v) is 7.58. The quantitative estimate of drug-likeness (QED) is 0.533. The maximum atomic E-state index is 7.02. The van der Waals surface area contributed by atoms with Crippen LogP contribution >= 0.6 is 0 Å². The molecule has 0 saturated carbocycles. The van der Waals surface area contributed by atoms with Gasteiger partial charge in [-0.3, -0.25) is 9.97 Å². The molecule has 1 aromatic carbocycles. The zero-order chi connectivity index (χ0) is 17.2. The van der Waals surface area contributed by atoms with Gasteiger partial charge >= 0.3 is 5.82 Å². The number of nitrogens with one attached hydrogen (secondary N) is 1. The molecule has 0 aliphatic carbocycles. The average molecular weight is 321 g/mol. The van der Waals surface area contributed by atoms with Gasteiger partial charge in [-0.25, -0.2) is 0 Å². The molecule has 0 aliphatic rings. The lowest BCUT2D eigenvalue weighted by molar-refractivity contribution is 1.26. The van der Waals surface area contributed by atoms with E-state index in [1.165, 1.54) is 0 Å². The Balaban J connectivity index is 1.92. The Bertz CT molecular complexity index is 1190. The molecule has 3 heterocycles. The van der Waals surface area contributed by atoms with Gasteiger partial charge in [-0.15, -0.1) is 0 Å². The zero-order valence-electron chi connectivity index (χ0n) is 13.1. The standard InChI is InChI=1S/C20H11N5/c1-21-20(22-2)10-13-6-7-16-14(9-13)15-11-18(24-12-19(15)25-16)17-5-3-4-8-23-17/h3-12,25H. The van der Waals surface area contributed by atoms with E-state index in [0.29, 0.717) is 0 Å². The summed E-state index contributed by atoms with van der Waals surface area (Å²) in [5.74, 6) is 0.0510. The van der Waals surface area contributed by atoms with Crippen molar-refractivity contribution in [1.82, 2.24) is 15.0 Å². The first-order valence-electron chi connectivity index (χ1n) is 7.58. The largest absolute Gasteiger partial charge is 0.519 e. The van der Waals surface area contributed by atoms with Crippen molar-refractivity contribution in [1.29, 1.82) is 0 Å². The van der Waals surface area contributed by atoms with Crippen LogP contribution < -0.4 is 0 Å². The third kappa shape index (κ3) is 2.60. The number of pyridine rings is 2. The van der Waals surface area contributed by atoms with Crippen LogP contribution in [-0.4, -0.2) is 15.0 Å². The molecule has 0 unspecified atom stereocenters. The highest BCUT2D eigenvalue weighted by Crippen LogP contribution is 2.29. The van der Waals surface area contributed by atoms with Crippen LogP contribution in [0.4, 0.5) is 0 Å². The van der Waals surface area contributed by atoms with Gasteiger partial charge in [0.05, 0.1) is 23.1 Å². The van der Waals surface area contributed by atoms with E-state index in [1.54, 1.807) is 18.5 Å². The minimum atomic E-state index is 0.0510. The lowest BCUT2D eigenvalue weighted by Gasteiger charge is -2.00. The van der Waals surface area contributed by atoms with E-state index in [0.717, 1.165) is 38.8 Å². The third-order valence-corrected chi connectivity index (χ3v) is 3.96. The molecule has 5 nitrogen and oxygen atoms in total. The fraction of sp³-hybridized carbons (Fsp3) is 0. The third-order valence-electron chi connectivity index (χ3n) is 3.96. The Hall–Kier alpha value is -3.96. The van der Waals surface area contributed by atoms with E-state index in [4.69, 9.17) is 13.1 Å². The number of aromatic nitrogens is 3. The Morgan fingerprint density at radius 1 is 0.920 bits per heavy atom.